The summed E-state index contributed by atoms with van der Waals surface area (Å²) in [6, 6.07) is 12.7. The standard InChI is InChI=1S/C25H36N4O3/c1-4-31-24(30)19-11-13-22(14-12-19)28-25(26-2)27-16-20-8-5-6-9-21(20)17-29(3)18-23-10-7-15-32-23/h5-10,15,19,22H,4,11-14,16-18H2,1-3H3,(H2,26,27,28). The van der Waals surface area contributed by atoms with Gasteiger partial charge < -0.3 is 19.8 Å². The first-order valence-electron chi connectivity index (χ1n) is 11.5. The van der Waals surface area contributed by atoms with Crippen LogP contribution in [0.5, 0.6) is 0 Å². The van der Waals surface area contributed by atoms with Gasteiger partial charge in [0.2, 0.25) is 0 Å². The van der Waals surface area contributed by atoms with Crippen LogP contribution in [0.4, 0.5) is 0 Å². The van der Waals surface area contributed by atoms with Crippen LogP contribution in [0.15, 0.2) is 52.1 Å². The Bertz CT molecular complexity index is 858. The summed E-state index contributed by atoms with van der Waals surface area (Å²) in [5, 5.41) is 6.98. The van der Waals surface area contributed by atoms with E-state index in [9.17, 15) is 4.79 Å². The topological polar surface area (TPSA) is 79.1 Å². The lowest BCUT2D eigenvalue weighted by atomic mass is 9.86. The van der Waals surface area contributed by atoms with Gasteiger partial charge in [-0.15, -0.1) is 0 Å². The number of nitrogens with zero attached hydrogens (tertiary/aromatic N) is 2. The summed E-state index contributed by atoms with van der Waals surface area (Å²) in [4.78, 5) is 18.6. The number of guanidine groups is 1. The molecule has 0 radical (unpaired) electrons. The third-order valence-electron chi connectivity index (χ3n) is 5.92. The van der Waals surface area contributed by atoms with Crippen molar-refractivity contribution in [3.8, 4) is 0 Å². The van der Waals surface area contributed by atoms with Crippen LogP contribution in [0.25, 0.3) is 0 Å². The molecule has 1 heterocycles. The van der Waals surface area contributed by atoms with Crippen molar-refractivity contribution in [2.75, 3.05) is 20.7 Å². The lowest BCUT2D eigenvalue weighted by Gasteiger charge is -2.29. The molecule has 1 fully saturated rings. The summed E-state index contributed by atoms with van der Waals surface area (Å²) >= 11 is 0. The van der Waals surface area contributed by atoms with E-state index in [-0.39, 0.29) is 11.9 Å². The zero-order valence-electron chi connectivity index (χ0n) is 19.5. The molecule has 0 bridgehead atoms. The second-order valence-electron chi connectivity index (χ2n) is 8.39. The number of carbonyl (C=O) groups is 1. The average Bonchev–Trinajstić information content (AvgIpc) is 3.31. The molecule has 7 nitrogen and oxygen atoms in total. The monoisotopic (exact) mass is 440 g/mol. The van der Waals surface area contributed by atoms with Gasteiger partial charge in [0.25, 0.3) is 0 Å². The molecule has 7 heteroatoms. The Morgan fingerprint density at radius 2 is 1.88 bits per heavy atom. The molecule has 1 aromatic carbocycles. The van der Waals surface area contributed by atoms with Crippen LogP contribution >= 0.6 is 0 Å². The van der Waals surface area contributed by atoms with Crippen molar-refractivity contribution < 1.29 is 13.9 Å². The van der Waals surface area contributed by atoms with Crippen LogP contribution < -0.4 is 10.6 Å². The summed E-state index contributed by atoms with van der Waals surface area (Å²) < 4.78 is 10.6. The van der Waals surface area contributed by atoms with Crippen LogP contribution in [-0.2, 0) is 29.2 Å². The van der Waals surface area contributed by atoms with Crippen molar-refractivity contribution in [1.82, 2.24) is 15.5 Å². The first-order valence-corrected chi connectivity index (χ1v) is 11.5. The largest absolute Gasteiger partial charge is 0.468 e. The molecular weight excluding hydrogens is 404 g/mol. The van der Waals surface area contributed by atoms with Crippen LogP contribution in [0.1, 0.15) is 49.5 Å². The number of furan rings is 1. The number of hydrogen-bond acceptors (Lipinski definition) is 5. The van der Waals surface area contributed by atoms with Gasteiger partial charge in [-0.05, 0) is 62.9 Å². The molecule has 0 amide bonds. The summed E-state index contributed by atoms with van der Waals surface area (Å²) in [6.07, 6.45) is 5.32. The molecule has 1 aliphatic rings. The van der Waals surface area contributed by atoms with Gasteiger partial charge in [0.05, 0.1) is 25.3 Å². The van der Waals surface area contributed by atoms with Crippen molar-refractivity contribution >= 4 is 11.9 Å². The van der Waals surface area contributed by atoms with Gasteiger partial charge in [-0.1, -0.05) is 24.3 Å². The first-order chi connectivity index (χ1) is 15.6. The molecule has 3 rings (SSSR count). The highest BCUT2D eigenvalue weighted by Crippen LogP contribution is 2.25. The van der Waals surface area contributed by atoms with E-state index in [4.69, 9.17) is 9.15 Å². The van der Waals surface area contributed by atoms with E-state index in [1.165, 1.54) is 11.1 Å². The molecule has 1 aromatic heterocycles. The van der Waals surface area contributed by atoms with Crippen molar-refractivity contribution in [1.29, 1.82) is 0 Å². The number of nitrogens with one attached hydrogen (secondary N) is 2. The molecule has 0 spiro atoms. The highest BCUT2D eigenvalue weighted by molar-refractivity contribution is 5.80. The fourth-order valence-corrected chi connectivity index (χ4v) is 4.20. The maximum atomic E-state index is 12.0. The Morgan fingerprint density at radius 3 is 2.53 bits per heavy atom. The summed E-state index contributed by atoms with van der Waals surface area (Å²) in [5.74, 6) is 1.74. The minimum atomic E-state index is -0.0536. The lowest BCUT2D eigenvalue weighted by molar-refractivity contribution is -0.149. The van der Waals surface area contributed by atoms with Gasteiger partial charge in [0, 0.05) is 26.2 Å². The molecule has 1 aliphatic carbocycles. The number of esters is 1. The van der Waals surface area contributed by atoms with E-state index in [0.29, 0.717) is 19.2 Å². The molecule has 0 unspecified atom stereocenters. The number of aliphatic imine (C=N–C) groups is 1. The van der Waals surface area contributed by atoms with Crippen molar-refractivity contribution in [3.63, 3.8) is 0 Å². The minimum Gasteiger partial charge on any atom is -0.468 e. The maximum absolute atomic E-state index is 12.0. The quantitative estimate of drug-likeness (QED) is 0.352. The Balaban J connectivity index is 1.48. The van der Waals surface area contributed by atoms with E-state index in [0.717, 1.165) is 50.5 Å². The Morgan fingerprint density at radius 1 is 1.12 bits per heavy atom. The van der Waals surface area contributed by atoms with E-state index < -0.39 is 0 Å². The predicted molar refractivity (Wildman–Crippen MR) is 126 cm³/mol. The van der Waals surface area contributed by atoms with E-state index in [1.807, 2.05) is 19.1 Å². The zero-order chi connectivity index (χ0) is 22.8. The second kappa shape index (κ2) is 12.3. The summed E-state index contributed by atoms with van der Waals surface area (Å²) in [6.45, 7) is 4.61. The maximum Gasteiger partial charge on any atom is 0.308 e. The number of ether oxygens (including phenoxy) is 1. The second-order valence-corrected chi connectivity index (χ2v) is 8.39. The fraction of sp³-hybridized carbons (Fsp3) is 0.520. The summed E-state index contributed by atoms with van der Waals surface area (Å²) in [7, 11) is 3.89. The van der Waals surface area contributed by atoms with Crippen LogP contribution in [-0.4, -0.2) is 43.6 Å². The zero-order valence-corrected chi connectivity index (χ0v) is 19.5. The molecule has 0 saturated heterocycles. The summed E-state index contributed by atoms with van der Waals surface area (Å²) in [5.41, 5.74) is 2.52. The van der Waals surface area contributed by atoms with Crippen LogP contribution in [0.2, 0.25) is 0 Å². The third kappa shape index (κ3) is 7.12. The fourth-order valence-electron chi connectivity index (χ4n) is 4.20. The van der Waals surface area contributed by atoms with E-state index in [2.05, 4.69) is 51.8 Å². The Kier molecular flexibility index (Phi) is 9.16. The molecule has 1 saturated carbocycles. The van der Waals surface area contributed by atoms with Crippen LogP contribution in [0, 0.1) is 5.92 Å². The van der Waals surface area contributed by atoms with Gasteiger partial charge in [0.1, 0.15) is 5.76 Å². The van der Waals surface area contributed by atoms with E-state index in [1.54, 1.807) is 13.3 Å². The number of carbonyl (C=O) groups excluding carboxylic acids is 1. The Hall–Kier alpha value is -2.80. The normalized spacial score (nSPS) is 19.1. The molecule has 174 valence electrons. The van der Waals surface area contributed by atoms with Crippen molar-refractivity contribution in [2.45, 2.75) is 58.3 Å². The molecule has 2 aromatic rings. The van der Waals surface area contributed by atoms with Gasteiger partial charge in [0.15, 0.2) is 5.96 Å². The first kappa shape index (κ1) is 23.9. The molecular formula is C25H36N4O3. The highest BCUT2D eigenvalue weighted by atomic mass is 16.5. The van der Waals surface area contributed by atoms with Gasteiger partial charge >= 0.3 is 5.97 Å². The molecule has 32 heavy (non-hydrogen) atoms. The van der Waals surface area contributed by atoms with Gasteiger partial charge in [-0.25, -0.2) is 0 Å². The predicted octanol–water partition coefficient (Wildman–Crippen LogP) is 3.70. The van der Waals surface area contributed by atoms with Crippen molar-refractivity contribution in [2.24, 2.45) is 10.9 Å². The van der Waals surface area contributed by atoms with E-state index >= 15 is 0 Å². The molecule has 0 aliphatic heterocycles. The smallest absolute Gasteiger partial charge is 0.308 e. The van der Waals surface area contributed by atoms with Gasteiger partial charge in [-0.3, -0.25) is 14.7 Å². The number of benzene rings is 1. The third-order valence-corrected chi connectivity index (χ3v) is 5.92. The average molecular weight is 441 g/mol. The van der Waals surface area contributed by atoms with Gasteiger partial charge in [-0.2, -0.15) is 0 Å². The highest BCUT2D eigenvalue weighted by Gasteiger charge is 2.27. The SMILES string of the molecule is CCOC(=O)C1CCC(NC(=NC)NCc2ccccc2CN(C)Cc2ccco2)CC1. The van der Waals surface area contributed by atoms with Crippen molar-refractivity contribution in [3.05, 3.63) is 59.5 Å². The Labute approximate surface area is 191 Å². The number of rotatable bonds is 9. The van der Waals surface area contributed by atoms with Crippen LogP contribution in [0.3, 0.4) is 0 Å². The lowest BCUT2D eigenvalue weighted by Crippen LogP contribution is -2.45. The molecule has 2 N–H and O–H groups in total. The number of hydrogen-bond donors (Lipinski definition) is 2. The molecule has 0 atom stereocenters. The minimum absolute atomic E-state index is 0.0352.